The number of aryl methyl sites for hydroxylation is 1. The van der Waals surface area contributed by atoms with Crippen LogP contribution in [0.2, 0.25) is 0 Å². The molecule has 0 saturated carbocycles. The molecule has 0 N–H and O–H groups in total. The van der Waals surface area contributed by atoms with Gasteiger partial charge >= 0.3 is 0 Å². The van der Waals surface area contributed by atoms with Crippen molar-refractivity contribution >= 4 is 11.6 Å². The number of ether oxygens (including phenoxy) is 1. The van der Waals surface area contributed by atoms with Gasteiger partial charge in [0.15, 0.2) is 11.6 Å². The maximum Gasteiger partial charge on any atom is 0.193 e. The normalized spacial score (nSPS) is 10.2. The molecule has 0 heterocycles. The SMILES string of the molecule is CCC(=O)COc1ccc(C(=O)c2ccc(C)cc2)cc1. The van der Waals surface area contributed by atoms with Crippen LogP contribution in [0.1, 0.15) is 34.8 Å². The molecule has 2 aromatic rings. The van der Waals surface area contributed by atoms with E-state index in [4.69, 9.17) is 4.74 Å². The molecule has 0 saturated heterocycles. The molecule has 0 aliphatic rings. The minimum Gasteiger partial charge on any atom is -0.486 e. The van der Waals surface area contributed by atoms with Gasteiger partial charge in [-0.2, -0.15) is 0 Å². The lowest BCUT2D eigenvalue weighted by Crippen LogP contribution is -2.09. The van der Waals surface area contributed by atoms with Gasteiger partial charge < -0.3 is 4.74 Å². The van der Waals surface area contributed by atoms with Crippen molar-refractivity contribution in [2.45, 2.75) is 20.3 Å². The first-order valence-corrected chi connectivity index (χ1v) is 6.96. The molecule has 3 nitrogen and oxygen atoms in total. The summed E-state index contributed by atoms with van der Waals surface area (Å²) < 4.78 is 5.35. The molecule has 0 fully saturated rings. The van der Waals surface area contributed by atoms with Gasteiger partial charge in [0.2, 0.25) is 0 Å². The third-order valence-corrected chi connectivity index (χ3v) is 3.22. The summed E-state index contributed by atoms with van der Waals surface area (Å²) in [7, 11) is 0. The van der Waals surface area contributed by atoms with Crippen LogP contribution in [0.4, 0.5) is 0 Å². The van der Waals surface area contributed by atoms with Crippen molar-refractivity contribution in [2.24, 2.45) is 0 Å². The lowest BCUT2D eigenvalue weighted by Gasteiger charge is -2.06. The Hall–Kier alpha value is -2.42. The summed E-state index contributed by atoms with van der Waals surface area (Å²) in [5.41, 5.74) is 2.39. The van der Waals surface area contributed by atoms with Crippen molar-refractivity contribution in [3.63, 3.8) is 0 Å². The third kappa shape index (κ3) is 4.02. The molecular weight excluding hydrogens is 264 g/mol. The fourth-order valence-electron chi connectivity index (χ4n) is 1.84. The van der Waals surface area contributed by atoms with Crippen LogP contribution >= 0.6 is 0 Å². The Balaban J connectivity index is 2.06. The Bertz CT molecular complexity index is 625. The van der Waals surface area contributed by atoms with Gasteiger partial charge in [0.25, 0.3) is 0 Å². The quantitative estimate of drug-likeness (QED) is 0.760. The lowest BCUT2D eigenvalue weighted by atomic mass is 10.0. The van der Waals surface area contributed by atoms with E-state index in [2.05, 4.69) is 0 Å². The zero-order chi connectivity index (χ0) is 15.2. The standard InChI is InChI=1S/C18H18O3/c1-3-16(19)12-21-17-10-8-15(9-11-17)18(20)14-6-4-13(2)5-7-14/h4-11H,3,12H2,1-2H3. The van der Waals surface area contributed by atoms with Gasteiger partial charge in [0.05, 0.1) is 0 Å². The van der Waals surface area contributed by atoms with Gasteiger partial charge in [-0.25, -0.2) is 0 Å². The minimum atomic E-state index is -0.0221. The number of hydrogen-bond acceptors (Lipinski definition) is 3. The van der Waals surface area contributed by atoms with E-state index in [-0.39, 0.29) is 18.2 Å². The first-order chi connectivity index (χ1) is 10.1. The van der Waals surface area contributed by atoms with E-state index >= 15 is 0 Å². The van der Waals surface area contributed by atoms with Gasteiger partial charge in [-0.05, 0) is 31.2 Å². The molecule has 0 aliphatic heterocycles. The van der Waals surface area contributed by atoms with Gasteiger partial charge in [-0.15, -0.1) is 0 Å². The predicted octanol–water partition coefficient (Wildman–Crippen LogP) is 3.58. The first-order valence-electron chi connectivity index (χ1n) is 6.96. The monoisotopic (exact) mass is 282 g/mol. The van der Waals surface area contributed by atoms with E-state index in [1.807, 2.05) is 31.2 Å². The summed E-state index contributed by atoms with van der Waals surface area (Å²) in [5.74, 6) is 0.623. The fraction of sp³-hybridized carbons (Fsp3) is 0.222. The molecule has 0 unspecified atom stereocenters. The van der Waals surface area contributed by atoms with Crippen molar-refractivity contribution in [2.75, 3.05) is 6.61 Å². The molecular formula is C18H18O3. The van der Waals surface area contributed by atoms with Gasteiger partial charge in [-0.3, -0.25) is 9.59 Å². The highest BCUT2D eigenvalue weighted by Gasteiger charge is 2.09. The zero-order valence-electron chi connectivity index (χ0n) is 12.3. The van der Waals surface area contributed by atoms with E-state index in [1.165, 1.54) is 0 Å². The number of ketones is 2. The highest BCUT2D eigenvalue weighted by Crippen LogP contribution is 2.16. The molecule has 2 aromatic carbocycles. The minimum absolute atomic E-state index is 0.0221. The molecule has 0 atom stereocenters. The summed E-state index contributed by atoms with van der Waals surface area (Å²) in [4.78, 5) is 23.5. The Morgan fingerprint density at radius 1 is 0.905 bits per heavy atom. The van der Waals surface area contributed by atoms with E-state index in [0.717, 1.165) is 5.56 Å². The summed E-state index contributed by atoms with van der Waals surface area (Å²) >= 11 is 0. The number of carbonyl (C=O) groups excluding carboxylic acids is 2. The van der Waals surface area contributed by atoms with Crippen LogP contribution in [-0.4, -0.2) is 18.2 Å². The average Bonchev–Trinajstić information content (AvgIpc) is 2.53. The van der Waals surface area contributed by atoms with Crippen molar-refractivity contribution in [3.8, 4) is 5.75 Å². The number of rotatable bonds is 6. The Morgan fingerprint density at radius 3 is 1.95 bits per heavy atom. The lowest BCUT2D eigenvalue weighted by molar-refractivity contribution is -0.120. The maximum absolute atomic E-state index is 12.3. The number of benzene rings is 2. The van der Waals surface area contributed by atoms with Crippen molar-refractivity contribution in [1.82, 2.24) is 0 Å². The molecule has 2 rings (SSSR count). The van der Waals surface area contributed by atoms with Gasteiger partial charge in [0, 0.05) is 17.5 Å². The van der Waals surface area contributed by atoms with E-state index in [9.17, 15) is 9.59 Å². The summed E-state index contributed by atoms with van der Waals surface area (Å²) in [5, 5.41) is 0. The van der Waals surface area contributed by atoms with E-state index < -0.39 is 0 Å². The van der Waals surface area contributed by atoms with Crippen LogP contribution in [0.3, 0.4) is 0 Å². The smallest absolute Gasteiger partial charge is 0.193 e. The predicted molar refractivity (Wildman–Crippen MR) is 81.8 cm³/mol. The Morgan fingerprint density at radius 2 is 1.43 bits per heavy atom. The Kier molecular flexibility index (Phi) is 4.88. The third-order valence-electron chi connectivity index (χ3n) is 3.22. The van der Waals surface area contributed by atoms with Crippen LogP contribution in [0.15, 0.2) is 48.5 Å². The second-order valence-electron chi connectivity index (χ2n) is 4.90. The van der Waals surface area contributed by atoms with Crippen molar-refractivity contribution in [3.05, 3.63) is 65.2 Å². The maximum atomic E-state index is 12.3. The first kappa shape index (κ1) is 15.0. The summed E-state index contributed by atoms with van der Waals surface area (Å²) in [6.45, 7) is 3.86. The number of hydrogen-bond donors (Lipinski definition) is 0. The highest BCUT2D eigenvalue weighted by molar-refractivity contribution is 6.09. The van der Waals surface area contributed by atoms with Gasteiger partial charge in [-0.1, -0.05) is 36.8 Å². The van der Waals surface area contributed by atoms with Crippen LogP contribution in [0.25, 0.3) is 0 Å². The van der Waals surface area contributed by atoms with Crippen LogP contribution < -0.4 is 4.74 Å². The molecule has 0 aromatic heterocycles. The molecule has 0 bridgehead atoms. The van der Waals surface area contributed by atoms with Crippen LogP contribution in [0.5, 0.6) is 5.75 Å². The topological polar surface area (TPSA) is 43.4 Å². The Labute approximate surface area is 124 Å². The molecule has 3 heteroatoms. The van der Waals surface area contributed by atoms with Gasteiger partial charge in [0.1, 0.15) is 12.4 Å². The van der Waals surface area contributed by atoms with E-state index in [1.54, 1.807) is 31.2 Å². The van der Waals surface area contributed by atoms with E-state index in [0.29, 0.717) is 23.3 Å². The van der Waals surface area contributed by atoms with Crippen LogP contribution in [0, 0.1) is 6.92 Å². The molecule has 0 spiro atoms. The zero-order valence-corrected chi connectivity index (χ0v) is 12.3. The number of carbonyl (C=O) groups is 2. The van der Waals surface area contributed by atoms with Crippen molar-refractivity contribution in [1.29, 1.82) is 0 Å². The van der Waals surface area contributed by atoms with Crippen LogP contribution in [-0.2, 0) is 4.79 Å². The molecule has 0 aliphatic carbocycles. The molecule has 108 valence electrons. The second-order valence-corrected chi connectivity index (χ2v) is 4.90. The fourth-order valence-corrected chi connectivity index (χ4v) is 1.84. The second kappa shape index (κ2) is 6.84. The molecule has 21 heavy (non-hydrogen) atoms. The summed E-state index contributed by atoms with van der Waals surface area (Å²) in [6.07, 6.45) is 0.462. The molecule has 0 radical (unpaired) electrons. The molecule has 0 amide bonds. The van der Waals surface area contributed by atoms with Crippen molar-refractivity contribution < 1.29 is 14.3 Å². The largest absolute Gasteiger partial charge is 0.486 e. The average molecular weight is 282 g/mol. The highest BCUT2D eigenvalue weighted by atomic mass is 16.5. The number of Topliss-reactive ketones (excluding diaryl/α,β-unsaturated/α-hetero) is 1. The summed E-state index contributed by atoms with van der Waals surface area (Å²) in [6, 6.07) is 14.3.